The molecular weight excluding hydrogens is 1440 g/mol. The van der Waals surface area contributed by atoms with E-state index in [9.17, 15) is 37.5 Å². The molecule has 590 valence electrons. The number of hydrogen-bond donors (Lipinski definition) is 2. The van der Waals surface area contributed by atoms with Crippen LogP contribution in [0.2, 0.25) is 0 Å². The fourth-order valence-electron chi connectivity index (χ4n) is 13.1. The Labute approximate surface area is 665 Å². The molecule has 2 N–H and O–H groups in total. The van der Waals surface area contributed by atoms with Gasteiger partial charge in [-0.25, -0.2) is 33.3 Å². The van der Waals surface area contributed by atoms with Gasteiger partial charge in [-0.05, 0) is 148 Å². The number of Topliss-reactive ketones (excluding diaryl/α,β-unsaturated/α-hetero) is 2. The Kier molecular flexibility index (Phi) is 30.1. The number of rotatable bonds is 22. The SMILES string of the molecule is CC(C)CC(=O)c1ccccc1.CC(C)Oc1ccc2c(C(=O)NCc3ccc(F)c(F)c3)c(C(C)C)c(-c3ccccc3)nc2c1.CCOC(=O)c1c(C(C)C)c(-c2ccccc2)nc2cc(OC(C)C)ccc12.CCOC(=O)c1c(C(C)C)c(-c2ccccc2)nc2cc(OC)ccc12.COc1ccc2c(c1)NC(=O)C2=O. The zero-order valence-corrected chi connectivity index (χ0v) is 67.5. The zero-order valence-electron chi connectivity index (χ0n) is 67.5. The highest BCUT2D eigenvalue weighted by molar-refractivity contribution is 6.51. The second-order valence-electron chi connectivity index (χ2n) is 28.8. The van der Waals surface area contributed by atoms with Crippen LogP contribution in [0, 0.1) is 17.6 Å². The maximum atomic E-state index is 13.7. The summed E-state index contributed by atoms with van der Waals surface area (Å²) in [7, 11) is 3.15. The van der Waals surface area contributed by atoms with Crippen LogP contribution in [0.4, 0.5) is 14.5 Å². The van der Waals surface area contributed by atoms with Gasteiger partial charge in [0.15, 0.2) is 17.4 Å². The number of amides is 2. The van der Waals surface area contributed by atoms with E-state index in [0.29, 0.717) is 87.2 Å². The molecule has 0 saturated heterocycles. The van der Waals surface area contributed by atoms with Gasteiger partial charge in [0.1, 0.15) is 23.0 Å². The number of benzene rings is 9. The van der Waals surface area contributed by atoms with Crippen molar-refractivity contribution in [1.29, 1.82) is 0 Å². The first-order valence-electron chi connectivity index (χ1n) is 38.3. The van der Waals surface area contributed by atoms with Crippen molar-refractivity contribution in [3.63, 3.8) is 0 Å². The van der Waals surface area contributed by atoms with E-state index < -0.39 is 23.3 Å². The molecule has 2 amide bonds. The third kappa shape index (κ3) is 21.6. The summed E-state index contributed by atoms with van der Waals surface area (Å²) in [4.78, 5) is 87.7. The monoisotopic (exact) mass is 1540 g/mol. The normalized spacial score (nSPS) is 11.4. The van der Waals surface area contributed by atoms with Crippen molar-refractivity contribution in [3.8, 4) is 56.8 Å². The molecule has 13 rings (SSSR count). The van der Waals surface area contributed by atoms with Gasteiger partial charge in [-0.3, -0.25) is 19.2 Å². The molecule has 0 aliphatic carbocycles. The quantitative estimate of drug-likeness (QED) is 0.0366. The Hall–Kier alpha value is -12.5. The van der Waals surface area contributed by atoms with E-state index in [1.807, 2.05) is 231 Å². The van der Waals surface area contributed by atoms with Gasteiger partial charge in [0.05, 0.1) is 101 Å². The van der Waals surface area contributed by atoms with Gasteiger partial charge < -0.3 is 39.1 Å². The van der Waals surface area contributed by atoms with Crippen LogP contribution >= 0.6 is 0 Å². The first-order valence-corrected chi connectivity index (χ1v) is 38.3. The Morgan fingerprint density at radius 3 is 1.22 bits per heavy atom. The predicted octanol–water partition coefficient (Wildman–Crippen LogP) is 22.0. The van der Waals surface area contributed by atoms with E-state index in [1.54, 1.807) is 25.3 Å². The first kappa shape index (κ1) is 85.5. The maximum Gasteiger partial charge on any atom is 0.339 e. The molecule has 9 aromatic carbocycles. The molecule has 114 heavy (non-hydrogen) atoms. The number of ketones is 2. The van der Waals surface area contributed by atoms with Crippen LogP contribution in [-0.4, -0.2) is 89.9 Å². The van der Waals surface area contributed by atoms with Crippen LogP contribution in [0.25, 0.3) is 66.5 Å². The molecule has 0 saturated carbocycles. The molecular formula is C95H99F2N5O12. The van der Waals surface area contributed by atoms with Crippen LogP contribution in [0.3, 0.4) is 0 Å². The summed E-state index contributed by atoms with van der Waals surface area (Å²) >= 11 is 0. The lowest BCUT2D eigenvalue weighted by Gasteiger charge is -2.20. The summed E-state index contributed by atoms with van der Waals surface area (Å²) in [6, 6.07) is 64.4. The summed E-state index contributed by atoms with van der Waals surface area (Å²) in [6.45, 7) is 28.7. The number of hydrogen-bond acceptors (Lipinski definition) is 15. The van der Waals surface area contributed by atoms with E-state index in [4.69, 9.17) is 43.4 Å². The number of aromatic nitrogens is 3. The van der Waals surface area contributed by atoms with Crippen LogP contribution in [0.1, 0.15) is 195 Å². The van der Waals surface area contributed by atoms with Crippen LogP contribution in [0.15, 0.2) is 212 Å². The third-order valence-electron chi connectivity index (χ3n) is 18.1. The molecule has 0 fully saturated rings. The number of halogens is 2. The molecule has 0 atom stereocenters. The number of esters is 2. The number of carbonyl (C=O) groups is 6. The lowest BCUT2D eigenvalue weighted by Crippen LogP contribution is -2.25. The number of carbonyl (C=O) groups excluding carboxylic acids is 6. The topological polar surface area (TPSA) is 221 Å². The minimum Gasteiger partial charge on any atom is -0.497 e. The van der Waals surface area contributed by atoms with Crippen LogP contribution in [-0.2, 0) is 20.8 Å². The Bertz CT molecular complexity index is 5390. The van der Waals surface area contributed by atoms with E-state index >= 15 is 0 Å². The highest BCUT2D eigenvalue weighted by atomic mass is 19.2. The number of methoxy groups -OCH3 is 2. The fraction of sp³-hybridized carbons (Fsp3) is 0.274. The van der Waals surface area contributed by atoms with E-state index in [2.05, 4.69) is 52.2 Å². The fourth-order valence-corrected chi connectivity index (χ4v) is 13.1. The van der Waals surface area contributed by atoms with E-state index in [-0.39, 0.29) is 60.1 Å². The number of ether oxygens (including phenoxy) is 6. The summed E-state index contributed by atoms with van der Waals surface area (Å²) in [5.74, 6) is -0.230. The first-order chi connectivity index (χ1) is 54.6. The molecule has 3 aromatic heterocycles. The molecule has 0 spiro atoms. The highest BCUT2D eigenvalue weighted by Gasteiger charge is 2.30. The number of nitrogens with zero attached hydrogens (tertiary/aromatic N) is 3. The lowest BCUT2D eigenvalue weighted by molar-refractivity contribution is -0.112. The zero-order chi connectivity index (χ0) is 82.4. The summed E-state index contributed by atoms with van der Waals surface area (Å²) in [5, 5.41) is 7.62. The molecule has 1 aliphatic heterocycles. The minimum atomic E-state index is -0.946. The van der Waals surface area contributed by atoms with Gasteiger partial charge in [-0.15, -0.1) is 0 Å². The molecule has 1 aliphatic rings. The number of fused-ring (bicyclic) bond motifs is 4. The highest BCUT2D eigenvalue weighted by Crippen LogP contribution is 2.41. The smallest absolute Gasteiger partial charge is 0.339 e. The Balaban J connectivity index is 0.000000171. The van der Waals surface area contributed by atoms with E-state index in [1.165, 1.54) is 13.2 Å². The summed E-state index contributed by atoms with van der Waals surface area (Å²) < 4.78 is 59.8. The Morgan fingerprint density at radius 2 is 0.825 bits per heavy atom. The molecule has 0 unspecified atom stereocenters. The molecule has 0 radical (unpaired) electrons. The van der Waals surface area contributed by atoms with Crippen molar-refractivity contribution in [2.75, 3.05) is 32.8 Å². The van der Waals surface area contributed by atoms with Crippen molar-refractivity contribution in [2.45, 2.75) is 140 Å². The van der Waals surface area contributed by atoms with Gasteiger partial charge in [0.2, 0.25) is 0 Å². The molecule has 12 aromatic rings. The average Bonchev–Trinajstić information content (AvgIpc) is 0.846. The standard InChI is InChI=1S/C29H28F2N2O2.C24H27NO3.C22H23NO3.C11H14O.C9H7NO3/c1-17(2)26-27(29(34)32-16-19-10-13-23(30)24(31)14-19)22-12-11-21(35-18(3)4)15-25(22)33-28(26)20-8-6-5-7-9-20;1-6-27-24(26)22-19-13-12-18(28-16(4)5)14-20(19)25-23(21(22)15(2)3)17-10-8-7-9-11-17;1-5-26-22(24)20-17-12-11-16(25-4)13-18(17)23-21(19(20)14(2)3)15-9-7-6-8-10-15;1-9(2)8-11(12)10-6-4-3-5-7-10;1-13-5-2-3-6-7(4-5)10-9(12)8(6)11/h5-15,17-18H,16H2,1-4H3,(H,32,34);7-16H,6H2,1-5H3;6-14H,5H2,1-4H3;3-7,9H,8H2,1-2H3;2-4H,1H3,(H,10,11,12). The van der Waals surface area contributed by atoms with Crippen molar-refractivity contribution in [1.82, 2.24) is 20.3 Å². The van der Waals surface area contributed by atoms with Crippen molar-refractivity contribution >= 4 is 73.7 Å². The van der Waals surface area contributed by atoms with Gasteiger partial charge in [-0.2, -0.15) is 0 Å². The number of nitrogens with one attached hydrogen (secondary N) is 2. The third-order valence-corrected chi connectivity index (χ3v) is 18.1. The maximum absolute atomic E-state index is 13.7. The molecule has 4 heterocycles. The number of pyridine rings is 3. The second-order valence-corrected chi connectivity index (χ2v) is 28.8. The van der Waals surface area contributed by atoms with Crippen molar-refractivity contribution in [2.24, 2.45) is 5.92 Å². The molecule has 19 heteroatoms. The second kappa shape index (κ2) is 40.1. The predicted molar refractivity (Wildman–Crippen MR) is 448 cm³/mol. The average molecular weight is 1540 g/mol. The molecule has 0 bridgehead atoms. The van der Waals surface area contributed by atoms with E-state index in [0.717, 1.165) is 95.7 Å². The van der Waals surface area contributed by atoms with Crippen molar-refractivity contribution in [3.05, 3.63) is 274 Å². The number of anilines is 1. The van der Waals surface area contributed by atoms with Gasteiger partial charge in [0, 0.05) is 75.6 Å². The van der Waals surface area contributed by atoms with Crippen LogP contribution < -0.4 is 29.6 Å². The van der Waals surface area contributed by atoms with Gasteiger partial charge in [-0.1, -0.05) is 183 Å². The molecule has 17 nitrogen and oxygen atoms in total. The lowest BCUT2D eigenvalue weighted by atomic mass is 9.89. The Morgan fingerprint density at radius 1 is 0.439 bits per heavy atom. The summed E-state index contributed by atoms with van der Waals surface area (Å²) in [5.41, 5.74) is 13.9. The minimum absolute atomic E-state index is 0.00212. The van der Waals surface area contributed by atoms with Crippen molar-refractivity contribution < 1.29 is 66.0 Å². The largest absolute Gasteiger partial charge is 0.497 e. The van der Waals surface area contributed by atoms with Crippen LogP contribution in [0.5, 0.6) is 23.0 Å². The van der Waals surface area contributed by atoms with Gasteiger partial charge >= 0.3 is 11.9 Å². The van der Waals surface area contributed by atoms with Gasteiger partial charge in [0.25, 0.3) is 17.6 Å². The summed E-state index contributed by atoms with van der Waals surface area (Å²) in [6.07, 6.45) is 0.699.